The first kappa shape index (κ1) is 21.7. The molecule has 0 bridgehead atoms. The van der Waals surface area contributed by atoms with Crippen molar-refractivity contribution in [3.63, 3.8) is 0 Å². The highest BCUT2D eigenvalue weighted by Gasteiger charge is 2.25. The molecule has 0 spiro atoms. The molecule has 0 aliphatic heterocycles. The molecule has 2 heterocycles. The number of hydrogen-bond donors (Lipinski definition) is 1. The van der Waals surface area contributed by atoms with E-state index in [1.807, 2.05) is 12.1 Å². The zero-order valence-corrected chi connectivity index (χ0v) is 20.5. The van der Waals surface area contributed by atoms with Crippen LogP contribution >= 0.6 is 55.3 Å². The maximum absolute atomic E-state index is 13.0. The second-order valence-corrected chi connectivity index (χ2v) is 9.21. The molecular formula is C20H17Br2Cl2N3O3. The van der Waals surface area contributed by atoms with E-state index in [1.54, 1.807) is 7.11 Å². The van der Waals surface area contributed by atoms with E-state index in [4.69, 9.17) is 32.7 Å². The van der Waals surface area contributed by atoms with Crippen LogP contribution in [0.4, 0.5) is 11.4 Å². The van der Waals surface area contributed by atoms with Crippen molar-refractivity contribution in [2.45, 2.75) is 31.8 Å². The summed E-state index contributed by atoms with van der Waals surface area (Å²) < 4.78 is 13.5. The second-order valence-electron chi connectivity index (χ2n) is 6.90. The minimum Gasteiger partial charge on any atom is -0.493 e. The van der Waals surface area contributed by atoms with Gasteiger partial charge in [0.15, 0.2) is 11.5 Å². The Morgan fingerprint density at radius 2 is 1.83 bits per heavy atom. The van der Waals surface area contributed by atoms with Crippen LogP contribution in [-0.4, -0.2) is 21.8 Å². The lowest BCUT2D eigenvalue weighted by Gasteiger charge is -2.21. The molecule has 0 unspecified atom stereocenters. The molecule has 0 amide bonds. The normalized spacial score (nSPS) is 14.3. The smallest absolute Gasteiger partial charge is 0.277 e. The van der Waals surface area contributed by atoms with Crippen molar-refractivity contribution in [1.29, 1.82) is 0 Å². The molecule has 1 aliphatic carbocycles. The number of nitrogens with one attached hydrogen (secondary N) is 1. The Balaban J connectivity index is 1.96. The Morgan fingerprint density at radius 1 is 1.17 bits per heavy atom. The molecule has 0 saturated heterocycles. The maximum atomic E-state index is 13.0. The van der Waals surface area contributed by atoms with Gasteiger partial charge >= 0.3 is 0 Å². The van der Waals surface area contributed by atoms with Gasteiger partial charge < -0.3 is 14.8 Å². The fourth-order valence-electron chi connectivity index (χ4n) is 3.59. The van der Waals surface area contributed by atoms with Crippen LogP contribution in [0.1, 0.15) is 25.7 Å². The van der Waals surface area contributed by atoms with Crippen LogP contribution < -0.4 is 20.3 Å². The minimum absolute atomic E-state index is 0.0799. The summed E-state index contributed by atoms with van der Waals surface area (Å²) in [7, 11) is 1.58. The molecule has 0 atom stereocenters. The molecule has 3 aromatic rings. The number of methoxy groups -OCH3 is 1. The maximum Gasteiger partial charge on any atom is 0.277 e. The first-order chi connectivity index (χ1) is 14.4. The molecule has 158 valence electrons. The first-order valence-corrected chi connectivity index (χ1v) is 11.5. The van der Waals surface area contributed by atoms with Crippen LogP contribution in [0.2, 0.25) is 10.0 Å². The van der Waals surface area contributed by atoms with Crippen molar-refractivity contribution >= 4 is 77.6 Å². The van der Waals surface area contributed by atoms with Gasteiger partial charge in [0.05, 0.1) is 50.8 Å². The van der Waals surface area contributed by atoms with Crippen molar-refractivity contribution in [1.82, 2.24) is 8.58 Å². The Morgan fingerprint density at radius 3 is 2.47 bits per heavy atom. The summed E-state index contributed by atoms with van der Waals surface area (Å²) in [5.41, 5.74) is 1.21. The van der Waals surface area contributed by atoms with Gasteiger partial charge in [-0.25, -0.2) is 3.59 Å². The number of hydrogen-bond acceptors (Lipinski definition) is 5. The van der Waals surface area contributed by atoms with Crippen LogP contribution in [0.3, 0.4) is 0 Å². The standard InChI is InChI=1S/C20H17Br2Cl2N3O3/c1-29-14-7-6-11-16(26-17-12(23)8-25-9-13(17)24)15(21)20(28)27(22)18(11)19(14)30-10-4-2-3-5-10/h6-10H,2-5H2,1H3,(H,25,26). The summed E-state index contributed by atoms with van der Waals surface area (Å²) in [6.07, 6.45) is 7.22. The van der Waals surface area contributed by atoms with Gasteiger partial charge in [0.2, 0.25) is 0 Å². The van der Waals surface area contributed by atoms with E-state index in [0.29, 0.717) is 42.9 Å². The number of ether oxygens (including phenoxy) is 2. The molecule has 1 aromatic carbocycles. The van der Waals surface area contributed by atoms with Gasteiger partial charge in [-0.1, -0.05) is 23.2 Å². The second kappa shape index (κ2) is 8.94. The summed E-state index contributed by atoms with van der Waals surface area (Å²) in [4.78, 5) is 17.0. The first-order valence-electron chi connectivity index (χ1n) is 9.26. The number of fused-ring (bicyclic) bond motifs is 1. The average molecular weight is 578 g/mol. The van der Waals surface area contributed by atoms with Crippen LogP contribution in [0.25, 0.3) is 10.9 Å². The third kappa shape index (κ3) is 3.90. The van der Waals surface area contributed by atoms with E-state index in [1.165, 1.54) is 16.0 Å². The van der Waals surface area contributed by atoms with Gasteiger partial charge in [-0.15, -0.1) is 0 Å². The van der Waals surface area contributed by atoms with Crippen LogP contribution in [0.5, 0.6) is 11.5 Å². The van der Waals surface area contributed by atoms with Gasteiger partial charge in [0.1, 0.15) is 9.99 Å². The Hall–Kier alpha value is -1.48. The predicted molar refractivity (Wildman–Crippen MR) is 127 cm³/mol. The fourth-order valence-corrected chi connectivity index (χ4v) is 5.30. The Kier molecular flexibility index (Phi) is 6.48. The average Bonchev–Trinajstić information content (AvgIpc) is 3.24. The van der Waals surface area contributed by atoms with Gasteiger partial charge in [-0.3, -0.25) is 9.78 Å². The Bertz CT molecular complexity index is 1160. The van der Waals surface area contributed by atoms with Crippen LogP contribution in [-0.2, 0) is 0 Å². The minimum atomic E-state index is -0.309. The lowest BCUT2D eigenvalue weighted by molar-refractivity contribution is 0.203. The monoisotopic (exact) mass is 575 g/mol. The zero-order chi connectivity index (χ0) is 21.4. The lowest BCUT2D eigenvalue weighted by atomic mass is 10.1. The number of benzene rings is 1. The summed E-state index contributed by atoms with van der Waals surface area (Å²) in [5, 5.41) is 4.58. The van der Waals surface area contributed by atoms with Gasteiger partial charge in [-0.2, -0.15) is 0 Å². The molecule has 1 fully saturated rings. The topological polar surface area (TPSA) is 65.4 Å². The number of anilines is 2. The largest absolute Gasteiger partial charge is 0.493 e. The summed E-state index contributed by atoms with van der Waals surface area (Å²) >= 11 is 19.4. The third-order valence-corrected chi connectivity index (χ3v) is 7.04. The van der Waals surface area contributed by atoms with E-state index in [-0.39, 0.29) is 11.7 Å². The lowest BCUT2D eigenvalue weighted by Crippen LogP contribution is -2.18. The molecule has 2 aromatic heterocycles. The molecule has 1 aliphatic rings. The Labute approximate surface area is 199 Å². The molecular weight excluding hydrogens is 561 g/mol. The van der Waals surface area contributed by atoms with E-state index < -0.39 is 0 Å². The summed E-state index contributed by atoms with van der Waals surface area (Å²) in [5.74, 6) is 1.06. The molecule has 1 N–H and O–H groups in total. The van der Waals surface area contributed by atoms with E-state index >= 15 is 0 Å². The van der Waals surface area contributed by atoms with Crippen molar-refractivity contribution in [2.24, 2.45) is 0 Å². The van der Waals surface area contributed by atoms with Crippen LogP contribution in [0.15, 0.2) is 33.8 Å². The van der Waals surface area contributed by atoms with E-state index in [9.17, 15) is 4.79 Å². The molecule has 4 rings (SSSR count). The molecule has 30 heavy (non-hydrogen) atoms. The third-order valence-electron chi connectivity index (χ3n) is 5.06. The number of nitrogens with zero attached hydrogens (tertiary/aromatic N) is 2. The van der Waals surface area contributed by atoms with Gasteiger partial charge in [-0.05, 0) is 53.7 Å². The quantitative estimate of drug-likeness (QED) is 0.366. The van der Waals surface area contributed by atoms with Crippen molar-refractivity contribution in [3.8, 4) is 11.5 Å². The SMILES string of the molecule is COc1ccc2c(Nc3c(Cl)cncc3Cl)c(Br)c(=O)n(Br)c2c1OC1CCCC1. The zero-order valence-electron chi connectivity index (χ0n) is 15.8. The van der Waals surface area contributed by atoms with Gasteiger partial charge in [0, 0.05) is 17.8 Å². The predicted octanol–water partition coefficient (Wildman–Crippen LogP) is 6.70. The highest BCUT2D eigenvalue weighted by atomic mass is 79.9. The number of rotatable bonds is 5. The van der Waals surface area contributed by atoms with Crippen LogP contribution in [0, 0.1) is 0 Å². The number of aromatic nitrogens is 2. The van der Waals surface area contributed by atoms with Crippen molar-refractivity contribution in [3.05, 3.63) is 49.4 Å². The van der Waals surface area contributed by atoms with Crippen molar-refractivity contribution in [2.75, 3.05) is 12.4 Å². The molecule has 0 radical (unpaired) electrons. The van der Waals surface area contributed by atoms with E-state index in [2.05, 4.69) is 42.4 Å². The van der Waals surface area contributed by atoms with Crippen molar-refractivity contribution < 1.29 is 9.47 Å². The molecule has 6 nitrogen and oxygen atoms in total. The fraction of sp³-hybridized carbons (Fsp3) is 0.300. The number of pyridine rings is 2. The summed E-state index contributed by atoms with van der Waals surface area (Å²) in [6, 6.07) is 3.67. The van der Waals surface area contributed by atoms with Gasteiger partial charge in [0.25, 0.3) is 5.56 Å². The molecule has 1 saturated carbocycles. The number of halogens is 4. The highest BCUT2D eigenvalue weighted by molar-refractivity contribution is 9.10. The highest BCUT2D eigenvalue weighted by Crippen LogP contribution is 2.44. The summed E-state index contributed by atoms with van der Waals surface area (Å²) in [6.45, 7) is 0. The molecule has 10 heteroatoms. The van der Waals surface area contributed by atoms with E-state index in [0.717, 1.165) is 31.1 Å².